The van der Waals surface area contributed by atoms with Gasteiger partial charge in [-0.1, -0.05) is 42.8 Å². The molecule has 0 radical (unpaired) electrons. The van der Waals surface area contributed by atoms with Crippen LogP contribution in [0.25, 0.3) is 0 Å². The highest BCUT2D eigenvalue weighted by molar-refractivity contribution is 7.89. The molecule has 132 valence electrons. The number of hydrogen-bond donors (Lipinski definition) is 1. The maximum atomic E-state index is 13.0. The van der Waals surface area contributed by atoms with Gasteiger partial charge in [-0.25, -0.2) is 8.42 Å². The number of anilines is 1. The van der Waals surface area contributed by atoms with E-state index in [-0.39, 0.29) is 10.8 Å². The van der Waals surface area contributed by atoms with Crippen molar-refractivity contribution in [2.45, 2.75) is 37.1 Å². The molecule has 5 nitrogen and oxygen atoms in total. The second kappa shape index (κ2) is 7.37. The Bertz CT molecular complexity index is 850. The fraction of sp³-hybridized carbons (Fsp3) is 0.316. The Morgan fingerprint density at radius 1 is 1.04 bits per heavy atom. The summed E-state index contributed by atoms with van der Waals surface area (Å²) >= 11 is 0. The first kappa shape index (κ1) is 17.6. The lowest BCUT2D eigenvalue weighted by molar-refractivity contribution is -0.120. The Kier molecular flexibility index (Phi) is 5.20. The predicted molar refractivity (Wildman–Crippen MR) is 97.8 cm³/mol. The smallest absolute Gasteiger partial charge is 0.243 e. The Morgan fingerprint density at radius 3 is 2.44 bits per heavy atom. The van der Waals surface area contributed by atoms with Crippen LogP contribution in [-0.2, 0) is 14.8 Å². The highest BCUT2D eigenvalue weighted by Gasteiger charge is 2.37. The van der Waals surface area contributed by atoms with Crippen LogP contribution in [0.5, 0.6) is 0 Å². The third-order valence-corrected chi connectivity index (χ3v) is 6.43. The van der Waals surface area contributed by atoms with Crippen LogP contribution in [0.4, 0.5) is 5.69 Å². The molecule has 3 rings (SSSR count). The number of aryl methyl sites for hydroxylation is 1. The topological polar surface area (TPSA) is 66.5 Å². The number of benzene rings is 2. The summed E-state index contributed by atoms with van der Waals surface area (Å²) in [5.74, 6) is -0.270. The monoisotopic (exact) mass is 358 g/mol. The van der Waals surface area contributed by atoms with E-state index >= 15 is 0 Å². The molecule has 1 amide bonds. The average molecular weight is 358 g/mol. The molecule has 0 aromatic heterocycles. The molecule has 1 heterocycles. The fourth-order valence-electron chi connectivity index (χ4n) is 3.11. The van der Waals surface area contributed by atoms with Gasteiger partial charge in [-0.15, -0.1) is 0 Å². The van der Waals surface area contributed by atoms with E-state index in [0.29, 0.717) is 13.0 Å². The Balaban J connectivity index is 1.86. The minimum Gasteiger partial charge on any atom is -0.324 e. The van der Waals surface area contributed by atoms with Crippen LogP contribution in [0, 0.1) is 6.92 Å². The molecule has 25 heavy (non-hydrogen) atoms. The predicted octanol–water partition coefficient (Wildman–Crippen LogP) is 3.18. The molecule has 2 aromatic carbocycles. The molecule has 1 unspecified atom stereocenters. The van der Waals surface area contributed by atoms with E-state index in [1.165, 1.54) is 4.31 Å². The summed E-state index contributed by atoms with van der Waals surface area (Å²) in [6.45, 7) is 2.28. The van der Waals surface area contributed by atoms with E-state index in [0.717, 1.165) is 24.1 Å². The van der Waals surface area contributed by atoms with Crippen molar-refractivity contribution in [3.8, 4) is 0 Å². The lowest BCUT2D eigenvalue weighted by atomic mass is 10.0. The highest BCUT2D eigenvalue weighted by atomic mass is 32.2. The van der Waals surface area contributed by atoms with Gasteiger partial charge in [0, 0.05) is 12.2 Å². The molecule has 2 aromatic rings. The van der Waals surface area contributed by atoms with Crippen LogP contribution in [-0.4, -0.2) is 31.2 Å². The van der Waals surface area contributed by atoms with E-state index in [2.05, 4.69) is 5.32 Å². The molecule has 6 heteroatoms. The fourth-order valence-corrected chi connectivity index (χ4v) is 4.79. The number of amides is 1. The standard InChI is InChI=1S/C19H22N2O3S/c1-15-9-5-6-12-17(15)20-19(22)18-13-7-8-14-21(18)25(23,24)16-10-3-2-4-11-16/h2-6,9-12,18H,7-8,13-14H2,1H3,(H,20,22). The van der Waals surface area contributed by atoms with Gasteiger partial charge < -0.3 is 5.32 Å². The lowest BCUT2D eigenvalue weighted by Crippen LogP contribution is -2.49. The van der Waals surface area contributed by atoms with E-state index in [4.69, 9.17) is 0 Å². The van der Waals surface area contributed by atoms with Crippen molar-refractivity contribution >= 4 is 21.6 Å². The van der Waals surface area contributed by atoms with Crippen LogP contribution in [0.1, 0.15) is 24.8 Å². The first-order valence-electron chi connectivity index (χ1n) is 8.43. The molecule has 0 bridgehead atoms. The molecule has 1 aliphatic rings. The van der Waals surface area contributed by atoms with Crippen LogP contribution in [0.3, 0.4) is 0 Å². The lowest BCUT2D eigenvalue weighted by Gasteiger charge is -2.33. The van der Waals surface area contributed by atoms with Gasteiger partial charge in [0.15, 0.2) is 0 Å². The quantitative estimate of drug-likeness (QED) is 0.913. The van der Waals surface area contributed by atoms with Crippen LogP contribution in [0.15, 0.2) is 59.5 Å². The summed E-state index contributed by atoms with van der Waals surface area (Å²) in [6, 6.07) is 15.1. The van der Waals surface area contributed by atoms with E-state index in [9.17, 15) is 13.2 Å². The van der Waals surface area contributed by atoms with E-state index in [1.54, 1.807) is 30.3 Å². The van der Waals surface area contributed by atoms with Gasteiger partial charge in [0.25, 0.3) is 0 Å². The van der Waals surface area contributed by atoms with Gasteiger partial charge in [-0.05, 0) is 43.5 Å². The average Bonchev–Trinajstić information content (AvgIpc) is 2.64. The molecule has 1 atom stereocenters. The number of nitrogens with one attached hydrogen (secondary N) is 1. The second-order valence-electron chi connectivity index (χ2n) is 6.24. The SMILES string of the molecule is Cc1ccccc1NC(=O)C1CCCCN1S(=O)(=O)c1ccccc1. The van der Waals surface area contributed by atoms with Crippen molar-refractivity contribution in [1.82, 2.24) is 4.31 Å². The van der Waals surface area contributed by atoms with Gasteiger partial charge in [-0.3, -0.25) is 4.79 Å². The molecule has 1 fully saturated rings. The summed E-state index contributed by atoms with van der Waals surface area (Å²) in [5.41, 5.74) is 1.67. The number of para-hydroxylation sites is 1. The van der Waals surface area contributed by atoms with Gasteiger partial charge >= 0.3 is 0 Å². The van der Waals surface area contributed by atoms with Gasteiger partial charge in [0.1, 0.15) is 6.04 Å². The number of sulfonamides is 1. The highest BCUT2D eigenvalue weighted by Crippen LogP contribution is 2.26. The Labute approximate surface area is 148 Å². The summed E-state index contributed by atoms with van der Waals surface area (Å²) in [6.07, 6.45) is 2.14. The maximum absolute atomic E-state index is 13.0. The van der Waals surface area contributed by atoms with Crippen LogP contribution < -0.4 is 5.32 Å². The van der Waals surface area contributed by atoms with Gasteiger partial charge in [0.2, 0.25) is 15.9 Å². The molecular formula is C19H22N2O3S. The van der Waals surface area contributed by atoms with Crippen molar-refractivity contribution in [2.75, 3.05) is 11.9 Å². The van der Waals surface area contributed by atoms with E-state index < -0.39 is 16.1 Å². The number of carbonyl (C=O) groups excluding carboxylic acids is 1. The second-order valence-corrected chi connectivity index (χ2v) is 8.14. The molecule has 0 aliphatic carbocycles. The van der Waals surface area contributed by atoms with Crippen molar-refractivity contribution in [1.29, 1.82) is 0 Å². The third kappa shape index (κ3) is 3.75. The number of hydrogen-bond acceptors (Lipinski definition) is 3. The van der Waals surface area contributed by atoms with Gasteiger partial charge in [0.05, 0.1) is 4.90 Å². The minimum absolute atomic E-state index is 0.227. The van der Waals surface area contributed by atoms with Crippen molar-refractivity contribution < 1.29 is 13.2 Å². The normalized spacial score (nSPS) is 18.7. The summed E-state index contributed by atoms with van der Waals surface area (Å²) in [4.78, 5) is 13.0. The van der Waals surface area contributed by atoms with Crippen molar-refractivity contribution in [3.05, 3.63) is 60.2 Å². The molecule has 0 saturated carbocycles. The zero-order valence-electron chi connectivity index (χ0n) is 14.2. The third-order valence-electron chi connectivity index (χ3n) is 4.51. The summed E-state index contributed by atoms with van der Waals surface area (Å²) < 4.78 is 27.3. The zero-order valence-corrected chi connectivity index (χ0v) is 15.0. The minimum atomic E-state index is -3.69. The molecular weight excluding hydrogens is 336 g/mol. The van der Waals surface area contributed by atoms with Crippen molar-refractivity contribution in [3.63, 3.8) is 0 Å². The summed E-state index contributed by atoms with van der Waals surface area (Å²) in [7, 11) is -3.69. The maximum Gasteiger partial charge on any atom is 0.243 e. The van der Waals surface area contributed by atoms with Crippen molar-refractivity contribution in [2.24, 2.45) is 0 Å². The largest absolute Gasteiger partial charge is 0.324 e. The number of piperidine rings is 1. The van der Waals surface area contributed by atoms with E-state index in [1.807, 2.05) is 31.2 Å². The van der Waals surface area contributed by atoms with Crippen LogP contribution >= 0.6 is 0 Å². The number of rotatable bonds is 4. The van der Waals surface area contributed by atoms with Crippen LogP contribution in [0.2, 0.25) is 0 Å². The molecule has 1 saturated heterocycles. The molecule has 1 N–H and O–H groups in total. The number of carbonyl (C=O) groups is 1. The number of nitrogens with zero attached hydrogens (tertiary/aromatic N) is 1. The van der Waals surface area contributed by atoms with Gasteiger partial charge in [-0.2, -0.15) is 4.31 Å². The first-order valence-corrected chi connectivity index (χ1v) is 9.87. The zero-order chi connectivity index (χ0) is 17.9. The molecule has 0 spiro atoms. The Morgan fingerprint density at radius 2 is 1.72 bits per heavy atom. The molecule has 1 aliphatic heterocycles. The first-order chi connectivity index (χ1) is 12.0. The summed E-state index contributed by atoms with van der Waals surface area (Å²) in [5, 5.41) is 2.89. The Hall–Kier alpha value is -2.18.